The van der Waals surface area contributed by atoms with Gasteiger partial charge < -0.3 is 9.47 Å². The van der Waals surface area contributed by atoms with Crippen LogP contribution in [0.15, 0.2) is 72.8 Å². The van der Waals surface area contributed by atoms with Gasteiger partial charge in [0, 0.05) is 5.56 Å². The fourth-order valence-electron chi connectivity index (χ4n) is 3.91. The molecular formula is C28H28FNO4S. The van der Waals surface area contributed by atoms with Crippen LogP contribution in [0, 0.1) is 0 Å². The molecule has 1 atom stereocenters. The maximum Gasteiger partial charge on any atom is 0.289 e. The lowest BCUT2D eigenvalue weighted by atomic mass is 10.0. The molecule has 0 aromatic heterocycles. The van der Waals surface area contributed by atoms with E-state index in [1.807, 2.05) is 53.8 Å². The number of benzene rings is 3. The van der Waals surface area contributed by atoms with Crippen molar-refractivity contribution in [3.8, 4) is 17.2 Å². The fraction of sp³-hybridized carbons (Fsp3) is 0.286. The number of ether oxygens (including phenoxy) is 2. The van der Waals surface area contributed by atoms with Gasteiger partial charge in [0.1, 0.15) is 17.2 Å². The number of hydrogen-bond donors (Lipinski definition) is 1. The second-order valence-electron chi connectivity index (χ2n) is 8.38. The summed E-state index contributed by atoms with van der Waals surface area (Å²) in [5.74, 6) is 1.56. The summed E-state index contributed by atoms with van der Waals surface area (Å²) in [5.41, 5.74) is 2.35. The van der Waals surface area contributed by atoms with E-state index >= 15 is 0 Å². The van der Waals surface area contributed by atoms with Crippen LogP contribution >= 0.6 is 11.8 Å². The molecular weight excluding hydrogens is 465 g/mol. The minimum atomic E-state index is -2.35. The Morgan fingerprint density at radius 3 is 2.37 bits per heavy atom. The number of imide groups is 1. The van der Waals surface area contributed by atoms with Crippen molar-refractivity contribution in [1.82, 2.24) is 5.32 Å². The molecule has 5 nitrogen and oxygen atoms in total. The van der Waals surface area contributed by atoms with E-state index in [0.717, 1.165) is 60.5 Å². The molecule has 1 heterocycles. The van der Waals surface area contributed by atoms with Gasteiger partial charge in [0.2, 0.25) is 0 Å². The van der Waals surface area contributed by atoms with Gasteiger partial charge in [0.05, 0.1) is 6.61 Å². The summed E-state index contributed by atoms with van der Waals surface area (Å²) in [7, 11) is 0. The molecule has 1 fully saturated rings. The summed E-state index contributed by atoms with van der Waals surface area (Å²) in [4.78, 5) is 23.1. The maximum atomic E-state index is 14.9. The summed E-state index contributed by atoms with van der Waals surface area (Å²) in [6.07, 6.45) is 4.51. The van der Waals surface area contributed by atoms with Gasteiger partial charge in [-0.3, -0.25) is 14.9 Å². The highest BCUT2D eigenvalue weighted by Gasteiger charge is 2.50. The lowest BCUT2D eigenvalue weighted by Gasteiger charge is -2.15. The van der Waals surface area contributed by atoms with Crippen molar-refractivity contribution in [2.24, 2.45) is 0 Å². The summed E-state index contributed by atoms with van der Waals surface area (Å²) in [6, 6.07) is 22.4. The molecule has 3 aromatic carbocycles. The molecule has 0 saturated carbocycles. The molecule has 0 bridgehead atoms. The molecule has 2 amide bonds. The van der Waals surface area contributed by atoms with Gasteiger partial charge in [-0.2, -0.15) is 0 Å². The number of alkyl halides is 1. The first-order valence-corrected chi connectivity index (χ1v) is 12.6. The zero-order valence-corrected chi connectivity index (χ0v) is 20.4. The zero-order valence-electron chi connectivity index (χ0n) is 19.6. The molecule has 1 aliphatic rings. The second-order valence-corrected chi connectivity index (χ2v) is 9.51. The first-order chi connectivity index (χ1) is 17.0. The number of rotatable bonds is 11. The molecule has 3 aromatic rings. The van der Waals surface area contributed by atoms with E-state index < -0.39 is 16.1 Å². The predicted octanol–water partition coefficient (Wildman–Crippen LogP) is 6.94. The van der Waals surface area contributed by atoms with Crippen LogP contribution in [-0.4, -0.2) is 17.8 Å². The number of halogens is 1. The third-order valence-electron chi connectivity index (χ3n) is 5.71. The summed E-state index contributed by atoms with van der Waals surface area (Å²) in [6.45, 7) is 2.74. The number of carbonyl (C=O) groups is 2. The molecule has 1 N–H and O–H groups in total. The van der Waals surface area contributed by atoms with E-state index in [1.165, 1.54) is 0 Å². The minimum absolute atomic E-state index is 0.182. The molecule has 4 rings (SSSR count). The van der Waals surface area contributed by atoms with E-state index in [9.17, 15) is 14.0 Å². The van der Waals surface area contributed by atoms with Crippen LogP contribution in [0.3, 0.4) is 0 Å². The van der Waals surface area contributed by atoms with Crippen molar-refractivity contribution in [3.05, 3.63) is 89.5 Å². The Kier molecular flexibility index (Phi) is 8.08. The molecule has 0 spiro atoms. The Hall–Kier alpha value is -3.32. The molecule has 0 aliphatic carbocycles. The SMILES string of the molecule is CCCc1cc(Oc2ccccc2)ccc1OCCCCc1ccc(C2(F)SC(=O)NC2=O)cc1. The quantitative estimate of drug-likeness (QED) is 0.293. The number of unbranched alkanes of at least 4 members (excludes halogenated alkanes) is 1. The normalized spacial score (nSPS) is 17.3. The summed E-state index contributed by atoms with van der Waals surface area (Å²) in [5, 5.41) is -1.01. The second kappa shape index (κ2) is 11.4. The first kappa shape index (κ1) is 24.8. The van der Waals surface area contributed by atoms with Crippen LogP contribution in [0.2, 0.25) is 0 Å². The van der Waals surface area contributed by atoms with E-state index in [0.29, 0.717) is 18.4 Å². The molecule has 182 valence electrons. The molecule has 1 unspecified atom stereocenters. The Balaban J connectivity index is 1.26. The van der Waals surface area contributed by atoms with Crippen LogP contribution in [0.4, 0.5) is 9.18 Å². The van der Waals surface area contributed by atoms with Crippen LogP contribution in [0.1, 0.15) is 42.9 Å². The lowest BCUT2D eigenvalue weighted by molar-refractivity contribution is -0.126. The molecule has 1 saturated heterocycles. The van der Waals surface area contributed by atoms with E-state index in [1.54, 1.807) is 24.3 Å². The Morgan fingerprint density at radius 1 is 0.914 bits per heavy atom. The van der Waals surface area contributed by atoms with Crippen LogP contribution in [0.25, 0.3) is 0 Å². The highest BCUT2D eigenvalue weighted by molar-refractivity contribution is 8.15. The third-order valence-corrected chi connectivity index (χ3v) is 6.70. The molecule has 0 radical (unpaired) electrons. The van der Waals surface area contributed by atoms with Gasteiger partial charge in [0.15, 0.2) is 0 Å². The average molecular weight is 494 g/mol. The Morgan fingerprint density at radius 2 is 1.69 bits per heavy atom. The number of amides is 2. The van der Waals surface area contributed by atoms with Gasteiger partial charge in [-0.05, 0) is 78.9 Å². The fourth-order valence-corrected chi connectivity index (χ4v) is 4.71. The smallest absolute Gasteiger partial charge is 0.289 e. The number of aryl methyl sites for hydroxylation is 2. The van der Waals surface area contributed by atoms with Crippen molar-refractivity contribution in [2.45, 2.75) is 44.0 Å². The van der Waals surface area contributed by atoms with Crippen LogP contribution in [-0.2, 0) is 22.6 Å². The standard InChI is InChI=1S/C28H28FNO4S/c1-2-8-21-19-24(34-23-10-4-3-5-11-23)16-17-25(21)33-18-7-6-9-20-12-14-22(15-13-20)28(29)26(31)30-27(32)35-28/h3-5,10-17,19H,2,6-9,18H2,1H3,(H,30,31,32). The minimum Gasteiger partial charge on any atom is -0.493 e. The van der Waals surface area contributed by atoms with E-state index in [4.69, 9.17) is 9.47 Å². The maximum absolute atomic E-state index is 14.9. The Labute approximate surface area is 209 Å². The van der Waals surface area contributed by atoms with E-state index in [-0.39, 0.29) is 5.56 Å². The largest absolute Gasteiger partial charge is 0.493 e. The highest BCUT2D eigenvalue weighted by atomic mass is 32.2. The van der Waals surface area contributed by atoms with Crippen molar-refractivity contribution in [3.63, 3.8) is 0 Å². The van der Waals surface area contributed by atoms with Gasteiger partial charge in [0.25, 0.3) is 16.1 Å². The van der Waals surface area contributed by atoms with Crippen molar-refractivity contribution in [2.75, 3.05) is 6.61 Å². The number of hydrogen-bond acceptors (Lipinski definition) is 5. The van der Waals surface area contributed by atoms with Crippen molar-refractivity contribution in [1.29, 1.82) is 0 Å². The number of nitrogens with one attached hydrogen (secondary N) is 1. The number of thioether (sulfide) groups is 1. The van der Waals surface area contributed by atoms with E-state index in [2.05, 4.69) is 6.92 Å². The first-order valence-electron chi connectivity index (χ1n) is 11.8. The predicted molar refractivity (Wildman–Crippen MR) is 136 cm³/mol. The topological polar surface area (TPSA) is 64.6 Å². The number of carbonyl (C=O) groups excluding carboxylic acids is 2. The monoisotopic (exact) mass is 493 g/mol. The number of para-hydroxylation sites is 1. The highest BCUT2D eigenvalue weighted by Crippen LogP contribution is 2.42. The zero-order chi connectivity index (χ0) is 24.7. The third kappa shape index (κ3) is 6.22. The van der Waals surface area contributed by atoms with Crippen molar-refractivity contribution >= 4 is 22.9 Å². The summed E-state index contributed by atoms with van der Waals surface area (Å²) < 4.78 is 26.9. The van der Waals surface area contributed by atoms with Gasteiger partial charge >= 0.3 is 0 Å². The van der Waals surface area contributed by atoms with Gasteiger partial charge in [-0.1, -0.05) is 55.8 Å². The van der Waals surface area contributed by atoms with Crippen LogP contribution < -0.4 is 14.8 Å². The lowest BCUT2D eigenvalue weighted by Crippen LogP contribution is -2.30. The molecule has 1 aliphatic heterocycles. The molecule has 7 heteroatoms. The van der Waals surface area contributed by atoms with Crippen molar-refractivity contribution < 1.29 is 23.5 Å². The molecule has 35 heavy (non-hydrogen) atoms. The Bertz CT molecular complexity index is 1170. The van der Waals surface area contributed by atoms with Gasteiger partial charge in [-0.15, -0.1) is 0 Å². The van der Waals surface area contributed by atoms with Gasteiger partial charge in [-0.25, -0.2) is 4.39 Å². The summed E-state index contributed by atoms with van der Waals surface area (Å²) >= 11 is 0.372. The van der Waals surface area contributed by atoms with Crippen LogP contribution in [0.5, 0.6) is 17.2 Å². The average Bonchev–Trinajstić information content (AvgIpc) is 3.13.